The molecule has 0 heterocycles. The van der Waals surface area contributed by atoms with Gasteiger partial charge < -0.3 is 4.74 Å². The molecule has 4 nitrogen and oxygen atoms in total. The number of rotatable bonds is 7. The Hall–Kier alpha value is -0.780. The van der Waals surface area contributed by atoms with Gasteiger partial charge in [0.25, 0.3) is 0 Å². The van der Waals surface area contributed by atoms with Crippen LogP contribution in [-0.4, -0.2) is 44.6 Å². The summed E-state index contributed by atoms with van der Waals surface area (Å²) < 4.78 is 30.1. The van der Waals surface area contributed by atoms with Crippen molar-refractivity contribution in [2.75, 3.05) is 31.8 Å². The van der Waals surface area contributed by atoms with Crippen molar-refractivity contribution in [2.45, 2.75) is 6.92 Å². The van der Waals surface area contributed by atoms with Crippen molar-refractivity contribution in [3.63, 3.8) is 0 Å². The van der Waals surface area contributed by atoms with Gasteiger partial charge in [0.15, 0.2) is 0 Å². The predicted octanol–water partition coefficient (Wildman–Crippen LogP) is 1.87. The quantitative estimate of drug-likeness (QED) is 0.721. The number of ether oxygens (including phenoxy) is 1. The molecule has 0 aliphatic heterocycles. The van der Waals surface area contributed by atoms with Crippen molar-refractivity contribution in [3.8, 4) is 5.75 Å². The molecule has 18 heavy (non-hydrogen) atoms. The molecule has 0 radical (unpaired) electrons. The summed E-state index contributed by atoms with van der Waals surface area (Å²) in [7, 11) is -1.72. The SMILES string of the molecule is Cc1ccccc1OCCN(C)S(=O)(=O)CCCl. The fraction of sp³-hybridized carbons (Fsp3) is 0.500. The van der Waals surface area contributed by atoms with E-state index in [4.69, 9.17) is 16.3 Å². The fourth-order valence-electron chi connectivity index (χ4n) is 1.39. The van der Waals surface area contributed by atoms with E-state index in [-0.39, 0.29) is 11.6 Å². The van der Waals surface area contributed by atoms with Crippen molar-refractivity contribution < 1.29 is 13.2 Å². The van der Waals surface area contributed by atoms with Crippen LogP contribution in [0.25, 0.3) is 0 Å². The average molecular weight is 292 g/mol. The Morgan fingerprint density at radius 1 is 1.33 bits per heavy atom. The zero-order valence-electron chi connectivity index (χ0n) is 10.6. The highest BCUT2D eigenvalue weighted by Crippen LogP contribution is 2.15. The summed E-state index contributed by atoms with van der Waals surface area (Å²) in [6.45, 7) is 2.58. The summed E-state index contributed by atoms with van der Waals surface area (Å²) in [5.41, 5.74) is 1.03. The lowest BCUT2D eigenvalue weighted by molar-refractivity contribution is 0.285. The number of para-hydroxylation sites is 1. The monoisotopic (exact) mass is 291 g/mol. The van der Waals surface area contributed by atoms with E-state index < -0.39 is 10.0 Å². The van der Waals surface area contributed by atoms with Crippen molar-refractivity contribution >= 4 is 21.6 Å². The van der Waals surface area contributed by atoms with Crippen LogP contribution in [-0.2, 0) is 10.0 Å². The molecular formula is C12H18ClNO3S. The molecule has 0 aromatic heterocycles. The van der Waals surface area contributed by atoms with Crippen molar-refractivity contribution in [1.82, 2.24) is 4.31 Å². The number of alkyl halides is 1. The van der Waals surface area contributed by atoms with Gasteiger partial charge in [-0.15, -0.1) is 11.6 Å². The highest BCUT2D eigenvalue weighted by molar-refractivity contribution is 7.89. The summed E-state index contributed by atoms with van der Waals surface area (Å²) in [6, 6.07) is 7.63. The minimum atomic E-state index is -3.25. The third-order valence-electron chi connectivity index (χ3n) is 2.57. The van der Waals surface area contributed by atoms with Crippen molar-refractivity contribution in [3.05, 3.63) is 29.8 Å². The predicted molar refractivity (Wildman–Crippen MR) is 73.8 cm³/mol. The number of aryl methyl sites for hydroxylation is 1. The summed E-state index contributed by atoms with van der Waals surface area (Å²) in [5, 5.41) is 0. The summed E-state index contributed by atoms with van der Waals surface area (Å²) in [6.07, 6.45) is 0. The van der Waals surface area contributed by atoms with Crippen LogP contribution in [0.4, 0.5) is 0 Å². The van der Waals surface area contributed by atoms with Crippen LogP contribution in [0.3, 0.4) is 0 Å². The number of hydrogen-bond donors (Lipinski definition) is 0. The highest BCUT2D eigenvalue weighted by Gasteiger charge is 2.16. The third kappa shape index (κ3) is 4.48. The first kappa shape index (κ1) is 15.3. The molecule has 0 N–H and O–H groups in total. The number of nitrogens with zero attached hydrogens (tertiary/aromatic N) is 1. The van der Waals surface area contributed by atoms with Gasteiger partial charge >= 0.3 is 0 Å². The number of sulfonamides is 1. The topological polar surface area (TPSA) is 46.6 Å². The Bertz CT molecular complexity index is 476. The maximum absolute atomic E-state index is 11.6. The number of benzene rings is 1. The lowest BCUT2D eigenvalue weighted by Gasteiger charge is -2.17. The van der Waals surface area contributed by atoms with Gasteiger partial charge in [0.2, 0.25) is 10.0 Å². The van der Waals surface area contributed by atoms with Gasteiger partial charge in [-0.05, 0) is 18.6 Å². The average Bonchev–Trinajstić information content (AvgIpc) is 2.31. The second-order valence-corrected chi connectivity index (χ2v) is 6.51. The maximum Gasteiger partial charge on any atom is 0.215 e. The Morgan fingerprint density at radius 3 is 2.61 bits per heavy atom. The number of halogens is 1. The minimum absolute atomic E-state index is 0.0462. The Kier molecular flexibility index (Phi) is 5.91. The number of hydrogen-bond acceptors (Lipinski definition) is 3. The van der Waals surface area contributed by atoms with Gasteiger partial charge in [-0.1, -0.05) is 18.2 Å². The molecule has 1 rings (SSSR count). The molecule has 102 valence electrons. The highest BCUT2D eigenvalue weighted by atomic mass is 35.5. The molecular weight excluding hydrogens is 274 g/mol. The molecule has 0 fully saturated rings. The standard InChI is InChI=1S/C12H18ClNO3S/c1-11-5-3-4-6-12(11)17-9-8-14(2)18(15,16)10-7-13/h3-6H,7-10H2,1-2H3. The van der Waals surface area contributed by atoms with Crippen LogP contribution in [0.15, 0.2) is 24.3 Å². The van der Waals surface area contributed by atoms with E-state index in [9.17, 15) is 8.42 Å². The van der Waals surface area contributed by atoms with E-state index in [1.165, 1.54) is 11.4 Å². The minimum Gasteiger partial charge on any atom is -0.492 e. The molecule has 0 spiro atoms. The molecule has 0 aliphatic carbocycles. The molecule has 0 saturated carbocycles. The Morgan fingerprint density at radius 2 is 2.00 bits per heavy atom. The molecule has 0 bridgehead atoms. The van der Waals surface area contributed by atoms with Crippen LogP contribution >= 0.6 is 11.6 Å². The van der Waals surface area contributed by atoms with Crippen molar-refractivity contribution in [1.29, 1.82) is 0 Å². The van der Waals surface area contributed by atoms with E-state index in [0.29, 0.717) is 13.2 Å². The Balaban J connectivity index is 2.45. The van der Waals surface area contributed by atoms with E-state index >= 15 is 0 Å². The fourth-order valence-corrected chi connectivity index (χ4v) is 2.84. The van der Waals surface area contributed by atoms with Gasteiger partial charge in [-0.2, -0.15) is 0 Å². The van der Waals surface area contributed by atoms with Crippen LogP contribution in [0, 0.1) is 6.92 Å². The van der Waals surface area contributed by atoms with E-state index in [1.807, 2.05) is 31.2 Å². The zero-order chi connectivity index (χ0) is 13.6. The van der Waals surface area contributed by atoms with E-state index in [1.54, 1.807) is 0 Å². The molecule has 0 amide bonds. The largest absolute Gasteiger partial charge is 0.492 e. The van der Waals surface area contributed by atoms with Crippen LogP contribution < -0.4 is 4.74 Å². The first-order valence-electron chi connectivity index (χ1n) is 5.66. The first-order valence-corrected chi connectivity index (χ1v) is 7.80. The van der Waals surface area contributed by atoms with Crippen LogP contribution in [0.5, 0.6) is 5.75 Å². The third-order valence-corrected chi connectivity index (χ3v) is 4.83. The lowest BCUT2D eigenvalue weighted by Crippen LogP contribution is -2.33. The summed E-state index contributed by atoms with van der Waals surface area (Å²) >= 11 is 5.44. The van der Waals surface area contributed by atoms with Crippen molar-refractivity contribution in [2.24, 2.45) is 0 Å². The molecule has 0 aliphatic rings. The second kappa shape index (κ2) is 6.97. The van der Waals surface area contributed by atoms with Gasteiger partial charge in [-0.3, -0.25) is 0 Å². The molecule has 0 atom stereocenters. The van der Waals surface area contributed by atoms with Gasteiger partial charge in [0.05, 0.1) is 5.75 Å². The zero-order valence-corrected chi connectivity index (χ0v) is 12.2. The van der Waals surface area contributed by atoms with Gasteiger partial charge in [0.1, 0.15) is 12.4 Å². The van der Waals surface area contributed by atoms with E-state index in [0.717, 1.165) is 11.3 Å². The first-order chi connectivity index (χ1) is 8.47. The van der Waals surface area contributed by atoms with Crippen LogP contribution in [0.2, 0.25) is 0 Å². The van der Waals surface area contributed by atoms with Gasteiger partial charge in [0, 0.05) is 19.5 Å². The molecule has 6 heteroatoms. The Labute approximate surface area is 114 Å². The summed E-state index contributed by atoms with van der Waals surface area (Å²) in [5.74, 6) is 0.835. The van der Waals surface area contributed by atoms with Crippen LogP contribution in [0.1, 0.15) is 5.56 Å². The normalized spacial score (nSPS) is 11.8. The van der Waals surface area contributed by atoms with Gasteiger partial charge in [-0.25, -0.2) is 12.7 Å². The lowest BCUT2D eigenvalue weighted by atomic mass is 10.2. The molecule has 1 aromatic rings. The smallest absolute Gasteiger partial charge is 0.215 e. The van der Waals surface area contributed by atoms with E-state index in [2.05, 4.69) is 0 Å². The maximum atomic E-state index is 11.6. The second-order valence-electron chi connectivity index (χ2n) is 3.94. The molecule has 0 unspecified atom stereocenters. The molecule has 0 saturated heterocycles. The molecule has 1 aromatic carbocycles. The summed E-state index contributed by atoms with van der Waals surface area (Å²) in [4.78, 5) is 0. The number of likely N-dealkylation sites (N-methyl/N-ethyl adjacent to an activating group) is 1.